The predicted octanol–water partition coefficient (Wildman–Crippen LogP) is 10.8. The monoisotopic (exact) mass is 796 g/mol. The van der Waals surface area contributed by atoms with E-state index in [4.69, 9.17) is 4.74 Å². The largest absolute Gasteiger partial charge is 0.382 e. The molecule has 5 nitrogen and oxygen atoms in total. The third-order valence-corrected chi connectivity index (χ3v) is 12.5. The highest BCUT2D eigenvalue weighted by molar-refractivity contribution is 7.57. The number of rotatable bonds is 10. The Balaban J connectivity index is 1.52. The van der Waals surface area contributed by atoms with Crippen LogP contribution in [-0.4, -0.2) is 57.9 Å². The van der Waals surface area contributed by atoms with Crippen molar-refractivity contribution in [1.29, 1.82) is 0 Å². The van der Waals surface area contributed by atoms with Crippen LogP contribution in [0.25, 0.3) is 11.4 Å². The molecule has 0 amide bonds. The summed E-state index contributed by atoms with van der Waals surface area (Å²) in [5.74, 6) is -11.7. The zero-order valence-electron chi connectivity index (χ0n) is 28.8. The van der Waals surface area contributed by atoms with Crippen molar-refractivity contribution in [3.05, 3.63) is 105 Å². The first-order valence-corrected chi connectivity index (χ1v) is 21.1. The average Bonchev–Trinajstić information content (AvgIpc) is 3.64. The van der Waals surface area contributed by atoms with Gasteiger partial charge >= 0.3 is 0 Å². The Labute approximate surface area is 301 Å². The van der Waals surface area contributed by atoms with Crippen molar-refractivity contribution in [3.8, 4) is 11.4 Å². The Hall–Kier alpha value is -2.96. The second-order valence-corrected chi connectivity index (χ2v) is 18.5. The van der Waals surface area contributed by atoms with Crippen LogP contribution in [0.2, 0.25) is 0 Å². The van der Waals surface area contributed by atoms with E-state index in [-0.39, 0.29) is 57.9 Å². The molecule has 288 valence electrons. The van der Waals surface area contributed by atoms with Crippen LogP contribution >= 0.6 is 15.8 Å². The number of halogens is 10. The summed E-state index contributed by atoms with van der Waals surface area (Å²) in [6.45, 7) is 7.01. The third-order valence-electron chi connectivity index (χ3n) is 9.81. The number of ether oxygens (including phenoxy) is 1. The van der Waals surface area contributed by atoms with Crippen molar-refractivity contribution < 1.29 is 58.9 Å². The van der Waals surface area contributed by atoms with E-state index in [2.05, 4.69) is 0 Å². The molecule has 2 N–H and O–H groups in total. The number of hydrogen-bond donors (Lipinski definition) is 2. The highest BCUT2D eigenvalue weighted by Gasteiger charge is 2.49. The molecule has 0 fully saturated rings. The first kappa shape index (κ1) is 39.7. The van der Waals surface area contributed by atoms with Crippen molar-refractivity contribution in [3.63, 3.8) is 0 Å². The van der Waals surface area contributed by atoms with Gasteiger partial charge in [-0.3, -0.25) is 0 Å². The van der Waals surface area contributed by atoms with E-state index < -0.39 is 100 Å². The predicted molar refractivity (Wildman–Crippen MR) is 182 cm³/mol. The molecule has 0 saturated carbocycles. The van der Waals surface area contributed by atoms with Gasteiger partial charge in [0, 0.05) is 70.3 Å². The molecule has 2 aliphatic rings. The average molecular weight is 797 g/mol. The molecular formula is C36H36F10N2O3P2. The first-order chi connectivity index (χ1) is 24.7. The highest BCUT2D eigenvalue weighted by Crippen LogP contribution is 2.60. The second kappa shape index (κ2) is 14.6. The summed E-state index contributed by atoms with van der Waals surface area (Å²) in [4.78, 5) is 0. The Morgan fingerprint density at radius 2 is 1.00 bits per heavy atom. The number of aliphatic hydroxyl groups excluding tert-OH is 2. The lowest BCUT2D eigenvalue weighted by atomic mass is 9.89. The number of benzene rings is 2. The highest BCUT2D eigenvalue weighted by atomic mass is 31.1. The summed E-state index contributed by atoms with van der Waals surface area (Å²) in [6.07, 6.45) is -10.4. The fourth-order valence-electron chi connectivity index (χ4n) is 7.19. The van der Waals surface area contributed by atoms with Gasteiger partial charge in [0.1, 0.15) is 35.5 Å². The second-order valence-electron chi connectivity index (χ2n) is 13.7. The molecule has 4 atom stereocenters. The number of aliphatic hydroxyl groups is 2. The van der Waals surface area contributed by atoms with Crippen molar-refractivity contribution in [1.82, 2.24) is 9.13 Å². The molecule has 2 heterocycles. The van der Waals surface area contributed by atoms with Crippen LogP contribution < -0.4 is 0 Å². The summed E-state index contributed by atoms with van der Waals surface area (Å²) in [5.41, 5.74) is -1.64. The van der Waals surface area contributed by atoms with Gasteiger partial charge in [-0.1, -0.05) is 15.8 Å². The number of hydrogen-bond acceptors (Lipinski definition) is 3. The minimum Gasteiger partial charge on any atom is -0.382 e. The molecule has 4 aromatic rings. The Morgan fingerprint density at radius 1 is 0.642 bits per heavy atom. The van der Waals surface area contributed by atoms with Gasteiger partial charge in [0.15, 0.2) is 0 Å². The van der Waals surface area contributed by atoms with E-state index in [9.17, 15) is 36.6 Å². The molecular weight excluding hydrogens is 760 g/mol. The van der Waals surface area contributed by atoms with Crippen molar-refractivity contribution >= 4 is 15.8 Å². The van der Waals surface area contributed by atoms with E-state index in [1.54, 1.807) is 26.7 Å². The Morgan fingerprint density at radius 3 is 1.32 bits per heavy atom. The molecule has 0 bridgehead atoms. The normalized spacial score (nSPS) is 20.7. The van der Waals surface area contributed by atoms with Crippen LogP contribution in [0.5, 0.6) is 0 Å². The van der Waals surface area contributed by atoms with Crippen LogP contribution in [0.3, 0.4) is 0 Å². The number of nitrogens with zero attached hydrogens (tertiary/aromatic N) is 2. The quantitative estimate of drug-likeness (QED) is 0.124. The Kier molecular flexibility index (Phi) is 10.9. The minimum atomic E-state index is -3.58. The topological polar surface area (TPSA) is 59.5 Å². The number of alkyl halides is 8. The third kappa shape index (κ3) is 7.17. The van der Waals surface area contributed by atoms with Gasteiger partial charge in [-0.05, 0) is 75.9 Å². The van der Waals surface area contributed by atoms with E-state index in [1.807, 2.05) is 0 Å². The van der Waals surface area contributed by atoms with Gasteiger partial charge in [0.05, 0.1) is 11.1 Å². The van der Waals surface area contributed by atoms with Crippen molar-refractivity contribution in [2.24, 2.45) is 0 Å². The van der Waals surface area contributed by atoms with Crippen LogP contribution in [0.4, 0.5) is 43.9 Å². The Bertz CT molecular complexity index is 1860. The van der Waals surface area contributed by atoms with E-state index >= 15 is 17.6 Å². The maximum absolute atomic E-state index is 15.2. The zero-order chi connectivity index (χ0) is 38.9. The summed E-state index contributed by atoms with van der Waals surface area (Å²) < 4.78 is 153. The van der Waals surface area contributed by atoms with Crippen LogP contribution in [-0.2, 0) is 17.6 Å². The fourth-order valence-corrected chi connectivity index (χ4v) is 9.54. The molecule has 17 heteroatoms. The fraction of sp³-hybridized carbons (Fsp3) is 0.444. The molecule has 2 aromatic heterocycles. The summed E-state index contributed by atoms with van der Waals surface area (Å²) >= 11 is 0. The maximum Gasteiger partial charge on any atom is 0.278 e. The van der Waals surface area contributed by atoms with E-state index in [0.717, 1.165) is 24.3 Å². The van der Waals surface area contributed by atoms with Gasteiger partial charge in [-0.2, -0.15) is 0 Å². The molecule has 53 heavy (non-hydrogen) atoms. The van der Waals surface area contributed by atoms with Crippen LogP contribution in [0.15, 0.2) is 48.8 Å². The van der Waals surface area contributed by atoms with Gasteiger partial charge in [0.2, 0.25) is 0 Å². The first-order valence-electron chi connectivity index (χ1n) is 16.5. The van der Waals surface area contributed by atoms with Gasteiger partial charge < -0.3 is 24.1 Å². The molecule has 2 aliphatic carbocycles. The molecule has 6 rings (SSSR count). The lowest BCUT2D eigenvalue weighted by Crippen LogP contribution is -2.33. The lowest BCUT2D eigenvalue weighted by Gasteiger charge is -2.35. The number of fused-ring (bicyclic) bond motifs is 2. The summed E-state index contributed by atoms with van der Waals surface area (Å²) in [7, 11) is -2.65. The standard InChI is InChI=1S/C36H36F10N2O3P2/c1-52(2)33(21-15-47(17-5-7-23(37)19(13-17)31(39)40)25-9-11-35(43,44)29(49)27(21)25)51-34(53(3)4)22-16-48(18-6-8-24(38)20(14-18)32(41)42)26-10-12-36(45,46)30(50)28(22)26/h5-8,13-16,29-34,49-50H,9-12H2,1-4H3/t29?,30?,33-,34-/m0/s1. The van der Waals surface area contributed by atoms with Gasteiger partial charge in [0.25, 0.3) is 24.7 Å². The van der Waals surface area contributed by atoms with Crippen LogP contribution in [0.1, 0.15) is 94.4 Å². The van der Waals surface area contributed by atoms with E-state index in [1.165, 1.54) is 33.7 Å². The lowest BCUT2D eigenvalue weighted by molar-refractivity contribution is -0.123. The number of aromatic nitrogens is 2. The molecule has 0 saturated heterocycles. The van der Waals surface area contributed by atoms with Crippen molar-refractivity contribution in [2.75, 3.05) is 26.7 Å². The van der Waals surface area contributed by atoms with E-state index in [0.29, 0.717) is 0 Å². The summed E-state index contributed by atoms with van der Waals surface area (Å²) in [5, 5.41) is 22.2. The smallest absolute Gasteiger partial charge is 0.278 e. The minimum absolute atomic E-state index is 0.0284. The van der Waals surface area contributed by atoms with Crippen molar-refractivity contribution in [2.45, 2.75) is 74.3 Å². The summed E-state index contributed by atoms with van der Waals surface area (Å²) in [6, 6.07) is 5.85. The molecule has 0 spiro atoms. The molecule has 2 aromatic carbocycles. The van der Waals surface area contributed by atoms with Crippen LogP contribution in [0, 0.1) is 11.6 Å². The zero-order valence-corrected chi connectivity index (χ0v) is 30.6. The maximum atomic E-state index is 15.2. The van der Waals surface area contributed by atoms with Gasteiger partial charge in [-0.15, -0.1) is 0 Å². The molecule has 0 radical (unpaired) electrons. The molecule has 2 unspecified atom stereocenters. The molecule has 0 aliphatic heterocycles. The van der Waals surface area contributed by atoms with Gasteiger partial charge in [-0.25, -0.2) is 43.9 Å². The SMILES string of the molecule is CP(C)[C@H](O[C@H](c1cn(-c2ccc(F)c(C(F)F)c2)c2c1C(O)C(F)(F)CC2)P(C)C)c1cn(-c2ccc(F)c(C(F)F)c2)c2c1C(O)C(F)(F)CC2.